The Balaban J connectivity index is 1.84. The quantitative estimate of drug-likeness (QED) is 0.855. The van der Waals surface area contributed by atoms with Crippen LogP contribution in [0.1, 0.15) is 11.1 Å². The molecule has 0 fully saturated rings. The van der Waals surface area contributed by atoms with Crippen molar-refractivity contribution in [3.05, 3.63) is 65.5 Å². The van der Waals surface area contributed by atoms with Gasteiger partial charge in [0.05, 0.1) is 7.11 Å². The first-order valence-corrected chi connectivity index (χ1v) is 7.35. The van der Waals surface area contributed by atoms with E-state index in [1.807, 2.05) is 36.2 Å². The summed E-state index contributed by atoms with van der Waals surface area (Å²) in [7, 11) is 3.56. The molecule has 0 heterocycles. The van der Waals surface area contributed by atoms with Crippen LogP contribution in [0.25, 0.3) is 0 Å². The fourth-order valence-electron chi connectivity index (χ4n) is 1.99. The van der Waals surface area contributed by atoms with Gasteiger partial charge in [-0.2, -0.15) is 0 Å². The van der Waals surface area contributed by atoms with Crippen molar-refractivity contribution in [3.63, 3.8) is 0 Å². The summed E-state index contributed by atoms with van der Waals surface area (Å²) in [6.07, 6.45) is 0. The molecule has 0 aliphatic rings. The Morgan fingerprint density at radius 1 is 1.09 bits per heavy atom. The molecule has 0 aromatic heterocycles. The lowest BCUT2D eigenvalue weighted by molar-refractivity contribution is 0.414. The number of rotatable bonds is 5. The molecule has 2 aromatic rings. The Labute approximate surface area is 135 Å². The van der Waals surface area contributed by atoms with Crippen molar-refractivity contribution < 1.29 is 9.13 Å². The fourth-order valence-corrected chi connectivity index (χ4v) is 2.13. The maximum Gasteiger partial charge on any atom is 0.169 e. The van der Waals surface area contributed by atoms with Crippen molar-refractivity contribution in [3.8, 4) is 5.75 Å². The van der Waals surface area contributed by atoms with Gasteiger partial charge in [-0.1, -0.05) is 24.3 Å². The van der Waals surface area contributed by atoms with Gasteiger partial charge in [0, 0.05) is 20.1 Å². The van der Waals surface area contributed by atoms with Crippen LogP contribution in [0, 0.1) is 5.82 Å². The lowest BCUT2D eigenvalue weighted by Gasteiger charge is -2.21. The molecule has 0 saturated carbocycles. The van der Waals surface area contributed by atoms with E-state index in [9.17, 15) is 4.39 Å². The van der Waals surface area contributed by atoms with E-state index in [0.717, 1.165) is 16.9 Å². The first-order valence-electron chi connectivity index (χ1n) is 6.95. The van der Waals surface area contributed by atoms with Gasteiger partial charge in [-0.3, -0.25) is 0 Å². The number of halogens is 1. The van der Waals surface area contributed by atoms with E-state index in [1.165, 1.54) is 12.1 Å². The highest BCUT2D eigenvalue weighted by molar-refractivity contribution is 7.80. The Morgan fingerprint density at radius 3 is 2.27 bits per heavy atom. The highest BCUT2D eigenvalue weighted by atomic mass is 32.1. The summed E-state index contributed by atoms with van der Waals surface area (Å²) in [5.41, 5.74) is 2.14. The van der Waals surface area contributed by atoms with Gasteiger partial charge in [-0.05, 0) is 47.6 Å². The zero-order chi connectivity index (χ0) is 15.9. The minimum atomic E-state index is -0.230. The third-order valence-corrected chi connectivity index (χ3v) is 3.74. The van der Waals surface area contributed by atoms with Gasteiger partial charge in [-0.25, -0.2) is 4.39 Å². The number of ether oxygens (including phenoxy) is 1. The molecule has 1 N–H and O–H groups in total. The van der Waals surface area contributed by atoms with Crippen molar-refractivity contribution in [1.29, 1.82) is 0 Å². The molecule has 22 heavy (non-hydrogen) atoms. The van der Waals surface area contributed by atoms with Gasteiger partial charge >= 0.3 is 0 Å². The number of thiocarbonyl (C=S) groups is 1. The van der Waals surface area contributed by atoms with E-state index in [1.54, 1.807) is 19.2 Å². The van der Waals surface area contributed by atoms with Crippen LogP contribution in [0.4, 0.5) is 4.39 Å². The number of benzene rings is 2. The molecule has 0 radical (unpaired) electrons. The molecule has 0 aliphatic heterocycles. The predicted octanol–water partition coefficient (Wildman–Crippen LogP) is 3.34. The second kappa shape index (κ2) is 7.75. The highest BCUT2D eigenvalue weighted by Gasteiger charge is 2.05. The second-order valence-corrected chi connectivity index (χ2v) is 5.38. The van der Waals surface area contributed by atoms with Crippen LogP contribution in [0.3, 0.4) is 0 Å². The van der Waals surface area contributed by atoms with Crippen LogP contribution >= 0.6 is 12.2 Å². The third-order valence-electron chi connectivity index (χ3n) is 3.28. The SMILES string of the molecule is COc1ccc(CNC(=S)N(C)Cc2ccc(F)cc2)cc1. The summed E-state index contributed by atoms with van der Waals surface area (Å²) in [4.78, 5) is 1.92. The minimum Gasteiger partial charge on any atom is -0.497 e. The van der Waals surface area contributed by atoms with E-state index in [2.05, 4.69) is 5.32 Å². The van der Waals surface area contributed by atoms with E-state index in [4.69, 9.17) is 17.0 Å². The second-order valence-electron chi connectivity index (χ2n) is 4.99. The smallest absolute Gasteiger partial charge is 0.169 e. The molecule has 0 bridgehead atoms. The molecule has 0 spiro atoms. The summed E-state index contributed by atoms with van der Waals surface area (Å²) >= 11 is 5.37. The molecular formula is C17H19FN2OS. The van der Waals surface area contributed by atoms with Crippen LogP contribution in [-0.2, 0) is 13.1 Å². The van der Waals surface area contributed by atoms with Crippen LogP contribution in [-0.4, -0.2) is 24.2 Å². The van der Waals surface area contributed by atoms with Crippen molar-refractivity contribution >= 4 is 17.3 Å². The van der Waals surface area contributed by atoms with E-state index < -0.39 is 0 Å². The van der Waals surface area contributed by atoms with Crippen LogP contribution in [0.15, 0.2) is 48.5 Å². The van der Waals surface area contributed by atoms with Crippen LogP contribution in [0.5, 0.6) is 5.75 Å². The number of methoxy groups -OCH3 is 1. The Morgan fingerprint density at radius 2 is 1.68 bits per heavy atom. The van der Waals surface area contributed by atoms with E-state index in [0.29, 0.717) is 18.2 Å². The summed E-state index contributed by atoms with van der Waals surface area (Å²) in [6.45, 7) is 1.28. The van der Waals surface area contributed by atoms with Crippen molar-refractivity contribution in [2.24, 2.45) is 0 Å². The molecule has 5 heteroatoms. The average molecular weight is 318 g/mol. The standard InChI is InChI=1S/C17H19FN2OS/c1-20(12-14-3-7-15(18)8-4-14)17(22)19-11-13-5-9-16(21-2)10-6-13/h3-10H,11-12H2,1-2H3,(H,19,22). The molecule has 0 atom stereocenters. The summed E-state index contributed by atoms with van der Waals surface area (Å²) in [5.74, 6) is 0.603. The highest BCUT2D eigenvalue weighted by Crippen LogP contribution is 2.11. The fraction of sp³-hybridized carbons (Fsp3) is 0.235. The minimum absolute atomic E-state index is 0.230. The van der Waals surface area contributed by atoms with Gasteiger partial charge in [-0.15, -0.1) is 0 Å². The zero-order valence-electron chi connectivity index (χ0n) is 12.7. The molecule has 116 valence electrons. The Kier molecular flexibility index (Phi) is 5.72. The van der Waals surface area contributed by atoms with E-state index >= 15 is 0 Å². The first kappa shape index (κ1) is 16.2. The number of nitrogens with zero attached hydrogens (tertiary/aromatic N) is 1. The molecule has 0 amide bonds. The van der Waals surface area contributed by atoms with Crippen molar-refractivity contribution in [2.75, 3.05) is 14.2 Å². The van der Waals surface area contributed by atoms with Crippen molar-refractivity contribution in [2.45, 2.75) is 13.1 Å². The zero-order valence-corrected chi connectivity index (χ0v) is 13.5. The number of nitrogens with one attached hydrogen (secondary N) is 1. The van der Waals surface area contributed by atoms with Crippen LogP contribution < -0.4 is 10.1 Å². The molecule has 0 unspecified atom stereocenters. The van der Waals surface area contributed by atoms with Gasteiger partial charge in [0.1, 0.15) is 11.6 Å². The molecule has 3 nitrogen and oxygen atoms in total. The topological polar surface area (TPSA) is 24.5 Å². The van der Waals surface area contributed by atoms with Gasteiger partial charge in [0.25, 0.3) is 0 Å². The summed E-state index contributed by atoms with van der Waals surface area (Å²) in [5, 5.41) is 3.86. The summed E-state index contributed by atoms with van der Waals surface area (Å²) < 4.78 is 18.0. The summed E-state index contributed by atoms with van der Waals surface area (Å²) in [6, 6.07) is 14.3. The van der Waals surface area contributed by atoms with Gasteiger partial charge in [0.2, 0.25) is 0 Å². The maximum absolute atomic E-state index is 12.9. The van der Waals surface area contributed by atoms with Gasteiger partial charge in [0.15, 0.2) is 5.11 Å². The normalized spacial score (nSPS) is 10.1. The lowest BCUT2D eigenvalue weighted by Crippen LogP contribution is -2.36. The lowest BCUT2D eigenvalue weighted by atomic mass is 10.2. The largest absolute Gasteiger partial charge is 0.497 e. The molecule has 0 saturated heterocycles. The molecule has 2 aromatic carbocycles. The Bertz CT molecular complexity index is 614. The Hall–Kier alpha value is -2.14. The van der Waals surface area contributed by atoms with Crippen LogP contribution in [0.2, 0.25) is 0 Å². The first-order chi connectivity index (χ1) is 10.6. The molecule has 0 aliphatic carbocycles. The third kappa shape index (κ3) is 4.70. The van der Waals surface area contributed by atoms with E-state index in [-0.39, 0.29) is 5.82 Å². The van der Waals surface area contributed by atoms with Crippen molar-refractivity contribution in [1.82, 2.24) is 10.2 Å². The monoisotopic (exact) mass is 318 g/mol. The van der Waals surface area contributed by atoms with Gasteiger partial charge < -0.3 is 15.0 Å². The number of hydrogen-bond acceptors (Lipinski definition) is 2. The maximum atomic E-state index is 12.9. The molecule has 2 rings (SSSR count). The average Bonchev–Trinajstić information content (AvgIpc) is 2.55. The predicted molar refractivity (Wildman–Crippen MR) is 90.3 cm³/mol. The molecular weight excluding hydrogens is 299 g/mol. The number of hydrogen-bond donors (Lipinski definition) is 1.